The van der Waals surface area contributed by atoms with Crippen molar-refractivity contribution in [2.75, 3.05) is 5.32 Å². The first-order valence-electron chi connectivity index (χ1n) is 8.74. The molecule has 1 heterocycles. The summed E-state index contributed by atoms with van der Waals surface area (Å²) in [5.74, 6) is 0.146. The van der Waals surface area contributed by atoms with Crippen LogP contribution in [0.15, 0.2) is 28.7 Å². The number of aryl methyl sites for hydroxylation is 1. The molecule has 0 radical (unpaired) electrons. The Labute approximate surface area is 152 Å². The molecule has 2 aromatic rings. The van der Waals surface area contributed by atoms with Crippen molar-refractivity contribution in [3.05, 3.63) is 52.5 Å². The Morgan fingerprint density at radius 1 is 1.15 bits per heavy atom. The maximum Gasteiger partial charge on any atom is 0.291 e. The molecule has 6 heteroatoms. The van der Waals surface area contributed by atoms with Crippen LogP contribution >= 0.6 is 0 Å². The molecule has 0 aliphatic heterocycles. The summed E-state index contributed by atoms with van der Waals surface area (Å²) >= 11 is 0. The van der Waals surface area contributed by atoms with Gasteiger partial charge in [0.15, 0.2) is 11.5 Å². The number of hydrogen-bond donors (Lipinski definition) is 2. The standard InChI is InChI=1S/C20H22N2O4/c1-11(2)21-19(24)13-6-4-7-14(10-13)22-20(25)18-12(3)17-15(23)8-5-9-16(17)26-18/h4,6-7,10-11H,5,8-9H2,1-3H3,(H,21,24)(H,22,25). The Bertz CT molecular complexity index is 880. The summed E-state index contributed by atoms with van der Waals surface area (Å²) in [5, 5.41) is 5.56. The van der Waals surface area contributed by atoms with Crippen LogP contribution in [0.25, 0.3) is 0 Å². The van der Waals surface area contributed by atoms with Crippen molar-refractivity contribution in [1.29, 1.82) is 0 Å². The van der Waals surface area contributed by atoms with Crippen LogP contribution < -0.4 is 10.6 Å². The van der Waals surface area contributed by atoms with Gasteiger partial charge < -0.3 is 15.1 Å². The zero-order valence-corrected chi connectivity index (χ0v) is 15.1. The predicted molar refractivity (Wildman–Crippen MR) is 97.7 cm³/mol. The fourth-order valence-electron chi connectivity index (χ4n) is 3.14. The van der Waals surface area contributed by atoms with E-state index >= 15 is 0 Å². The number of furan rings is 1. The number of nitrogens with one attached hydrogen (secondary N) is 2. The fraction of sp³-hybridized carbons (Fsp3) is 0.350. The van der Waals surface area contributed by atoms with Crippen LogP contribution in [0.4, 0.5) is 5.69 Å². The average Bonchev–Trinajstić information content (AvgIpc) is 2.93. The molecule has 3 rings (SSSR count). The van der Waals surface area contributed by atoms with Crippen molar-refractivity contribution in [2.24, 2.45) is 0 Å². The number of ketones is 1. The van der Waals surface area contributed by atoms with E-state index in [2.05, 4.69) is 10.6 Å². The van der Waals surface area contributed by atoms with Gasteiger partial charge in [0.2, 0.25) is 0 Å². The highest BCUT2D eigenvalue weighted by Crippen LogP contribution is 2.29. The summed E-state index contributed by atoms with van der Waals surface area (Å²) in [6.07, 6.45) is 1.90. The lowest BCUT2D eigenvalue weighted by Gasteiger charge is -2.10. The van der Waals surface area contributed by atoms with Gasteiger partial charge in [0.05, 0.1) is 5.56 Å². The van der Waals surface area contributed by atoms with Crippen LogP contribution in [-0.2, 0) is 6.42 Å². The molecular weight excluding hydrogens is 332 g/mol. The molecule has 0 spiro atoms. The molecule has 0 saturated heterocycles. The maximum absolute atomic E-state index is 12.6. The van der Waals surface area contributed by atoms with E-state index in [0.29, 0.717) is 41.0 Å². The van der Waals surface area contributed by atoms with Gasteiger partial charge in [-0.25, -0.2) is 0 Å². The van der Waals surface area contributed by atoms with Gasteiger partial charge in [-0.05, 0) is 45.4 Å². The Hall–Kier alpha value is -2.89. The van der Waals surface area contributed by atoms with E-state index in [-0.39, 0.29) is 23.5 Å². The van der Waals surface area contributed by atoms with Gasteiger partial charge in [0.25, 0.3) is 11.8 Å². The summed E-state index contributed by atoms with van der Waals surface area (Å²) in [5.41, 5.74) is 2.08. The molecule has 0 unspecified atom stereocenters. The number of rotatable bonds is 4. The topological polar surface area (TPSA) is 88.4 Å². The summed E-state index contributed by atoms with van der Waals surface area (Å²) in [6.45, 7) is 5.49. The summed E-state index contributed by atoms with van der Waals surface area (Å²) in [7, 11) is 0. The Balaban J connectivity index is 1.81. The van der Waals surface area contributed by atoms with E-state index in [1.807, 2.05) is 13.8 Å². The average molecular weight is 354 g/mol. The van der Waals surface area contributed by atoms with Gasteiger partial charge in [-0.15, -0.1) is 0 Å². The fourth-order valence-corrected chi connectivity index (χ4v) is 3.14. The maximum atomic E-state index is 12.6. The van der Waals surface area contributed by atoms with E-state index in [1.54, 1.807) is 31.2 Å². The molecule has 2 amide bonds. The highest BCUT2D eigenvalue weighted by atomic mass is 16.4. The number of benzene rings is 1. The van der Waals surface area contributed by atoms with Crippen LogP contribution in [0, 0.1) is 6.92 Å². The minimum atomic E-state index is -0.425. The number of carbonyl (C=O) groups excluding carboxylic acids is 3. The van der Waals surface area contributed by atoms with Crippen LogP contribution in [0.1, 0.15) is 69.3 Å². The van der Waals surface area contributed by atoms with E-state index < -0.39 is 5.91 Å². The van der Waals surface area contributed by atoms with Crippen molar-refractivity contribution in [2.45, 2.75) is 46.1 Å². The lowest BCUT2D eigenvalue weighted by atomic mass is 9.94. The Kier molecular flexibility index (Phi) is 4.93. The monoisotopic (exact) mass is 354 g/mol. The van der Waals surface area contributed by atoms with Crippen molar-refractivity contribution < 1.29 is 18.8 Å². The first kappa shape index (κ1) is 17.9. The number of hydrogen-bond acceptors (Lipinski definition) is 4. The molecule has 0 fully saturated rings. The van der Waals surface area contributed by atoms with Crippen molar-refractivity contribution in [3.63, 3.8) is 0 Å². The molecule has 1 aliphatic carbocycles. The third-order valence-corrected chi connectivity index (χ3v) is 4.31. The largest absolute Gasteiger partial charge is 0.455 e. The summed E-state index contributed by atoms with van der Waals surface area (Å²) in [6, 6.07) is 6.72. The van der Waals surface area contributed by atoms with Crippen LogP contribution in [0.5, 0.6) is 0 Å². The SMILES string of the molecule is Cc1c(C(=O)Nc2cccc(C(=O)NC(C)C)c2)oc2c1C(=O)CCC2. The lowest BCUT2D eigenvalue weighted by Crippen LogP contribution is -2.30. The molecule has 2 N–H and O–H groups in total. The second-order valence-electron chi connectivity index (χ2n) is 6.79. The van der Waals surface area contributed by atoms with Gasteiger partial charge >= 0.3 is 0 Å². The quantitative estimate of drug-likeness (QED) is 0.879. The zero-order valence-electron chi connectivity index (χ0n) is 15.1. The van der Waals surface area contributed by atoms with Gasteiger partial charge in [-0.3, -0.25) is 14.4 Å². The molecule has 0 atom stereocenters. The lowest BCUT2D eigenvalue weighted by molar-refractivity contribution is 0.0940. The second-order valence-corrected chi connectivity index (χ2v) is 6.79. The molecule has 1 aromatic carbocycles. The normalized spacial score (nSPS) is 13.5. The summed E-state index contributed by atoms with van der Waals surface area (Å²) < 4.78 is 5.66. The van der Waals surface area contributed by atoms with Crippen LogP contribution in [-0.4, -0.2) is 23.6 Å². The van der Waals surface area contributed by atoms with Crippen LogP contribution in [0.3, 0.4) is 0 Å². The second kappa shape index (κ2) is 7.15. The van der Waals surface area contributed by atoms with Gasteiger partial charge in [0, 0.05) is 35.7 Å². The summed E-state index contributed by atoms with van der Waals surface area (Å²) in [4.78, 5) is 36.8. The zero-order chi connectivity index (χ0) is 18.8. The van der Waals surface area contributed by atoms with E-state index in [4.69, 9.17) is 4.42 Å². The predicted octanol–water partition coefficient (Wildman–Crippen LogP) is 3.50. The molecule has 0 bridgehead atoms. The number of fused-ring (bicyclic) bond motifs is 1. The number of Topliss-reactive ketones (excluding diaryl/α,β-unsaturated/α-hetero) is 1. The molecule has 26 heavy (non-hydrogen) atoms. The highest BCUT2D eigenvalue weighted by molar-refractivity contribution is 6.08. The number of carbonyl (C=O) groups is 3. The minimum Gasteiger partial charge on any atom is -0.455 e. The van der Waals surface area contributed by atoms with Crippen molar-refractivity contribution in [3.8, 4) is 0 Å². The smallest absolute Gasteiger partial charge is 0.291 e. The number of anilines is 1. The molecule has 1 aromatic heterocycles. The molecule has 136 valence electrons. The van der Waals surface area contributed by atoms with Crippen molar-refractivity contribution >= 4 is 23.3 Å². The third-order valence-electron chi connectivity index (χ3n) is 4.31. The highest BCUT2D eigenvalue weighted by Gasteiger charge is 2.28. The van der Waals surface area contributed by atoms with Crippen molar-refractivity contribution in [1.82, 2.24) is 5.32 Å². The first-order chi connectivity index (χ1) is 12.4. The van der Waals surface area contributed by atoms with Gasteiger partial charge in [-0.2, -0.15) is 0 Å². The molecular formula is C20H22N2O4. The first-order valence-corrected chi connectivity index (χ1v) is 8.74. The molecule has 0 saturated carbocycles. The third kappa shape index (κ3) is 3.54. The van der Waals surface area contributed by atoms with E-state index in [1.165, 1.54) is 0 Å². The van der Waals surface area contributed by atoms with Gasteiger partial charge in [-0.1, -0.05) is 6.07 Å². The van der Waals surface area contributed by atoms with Crippen LogP contribution in [0.2, 0.25) is 0 Å². The Morgan fingerprint density at radius 3 is 2.62 bits per heavy atom. The molecule has 6 nitrogen and oxygen atoms in total. The minimum absolute atomic E-state index is 0.0235. The van der Waals surface area contributed by atoms with Gasteiger partial charge in [0.1, 0.15) is 5.76 Å². The number of amides is 2. The molecule has 1 aliphatic rings. The van der Waals surface area contributed by atoms with E-state index in [0.717, 1.165) is 6.42 Å². The van der Waals surface area contributed by atoms with E-state index in [9.17, 15) is 14.4 Å². The Morgan fingerprint density at radius 2 is 1.92 bits per heavy atom.